The summed E-state index contributed by atoms with van der Waals surface area (Å²) in [5.74, 6) is -1.21. The van der Waals surface area contributed by atoms with Crippen molar-refractivity contribution in [3.05, 3.63) is 30.1 Å². The second kappa shape index (κ2) is 6.43. The molecule has 1 aromatic rings. The number of hydrogen-bond donors (Lipinski definition) is 2. The molecule has 0 radical (unpaired) electrons. The number of hydrogen-bond acceptors (Lipinski definition) is 3. The van der Waals surface area contributed by atoms with Gasteiger partial charge in [-0.15, -0.1) is 0 Å². The number of carboxylic acid groups (broad SMARTS) is 1. The highest BCUT2D eigenvalue weighted by Gasteiger charge is 2.45. The third-order valence-corrected chi connectivity index (χ3v) is 4.59. The van der Waals surface area contributed by atoms with Crippen LogP contribution < -0.4 is 10.6 Å². The molecular formula is C16H23FN2O2. The largest absolute Gasteiger partial charge is 0.480 e. The molecule has 1 fully saturated rings. The second-order valence-corrected chi connectivity index (χ2v) is 5.75. The van der Waals surface area contributed by atoms with Crippen LogP contribution in [-0.4, -0.2) is 29.7 Å². The summed E-state index contributed by atoms with van der Waals surface area (Å²) in [6, 6.07) is 6.67. The first-order chi connectivity index (χ1) is 9.99. The van der Waals surface area contributed by atoms with Crippen LogP contribution in [0, 0.1) is 11.7 Å². The Balaban J connectivity index is 2.04. The predicted octanol–water partition coefficient (Wildman–Crippen LogP) is 2.62. The molecule has 3 N–H and O–H groups in total. The lowest BCUT2D eigenvalue weighted by Crippen LogP contribution is -2.51. The van der Waals surface area contributed by atoms with E-state index in [0.29, 0.717) is 31.6 Å². The van der Waals surface area contributed by atoms with Gasteiger partial charge in [0.15, 0.2) is 0 Å². The second-order valence-electron chi connectivity index (χ2n) is 5.75. The van der Waals surface area contributed by atoms with Crippen molar-refractivity contribution in [2.45, 2.75) is 38.1 Å². The van der Waals surface area contributed by atoms with Gasteiger partial charge >= 0.3 is 5.97 Å². The Labute approximate surface area is 124 Å². The average molecular weight is 294 g/mol. The Morgan fingerprint density at radius 2 is 2.24 bits per heavy atom. The predicted molar refractivity (Wildman–Crippen MR) is 80.8 cm³/mol. The van der Waals surface area contributed by atoms with Crippen molar-refractivity contribution in [2.75, 3.05) is 18.0 Å². The van der Waals surface area contributed by atoms with Gasteiger partial charge in [-0.1, -0.05) is 18.6 Å². The molecule has 0 aliphatic heterocycles. The molecule has 21 heavy (non-hydrogen) atoms. The van der Waals surface area contributed by atoms with Crippen molar-refractivity contribution < 1.29 is 14.3 Å². The lowest BCUT2D eigenvalue weighted by atomic mass is 9.85. The number of anilines is 1. The Kier molecular flexibility index (Phi) is 4.83. The van der Waals surface area contributed by atoms with Gasteiger partial charge in [0.05, 0.1) is 5.69 Å². The zero-order valence-electron chi connectivity index (χ0n) is 12.4. The van der Waals surface area contributed by atoms with E-state index in [2.05, 4.69) is 0 Å². The number of halogens is 1. The molecule has 2 unspecified atom stereocenters. The fourth-order valence-corrected chi connectivity index (χ4v) is 3.25. The standard InChI is InChI=1S/C16H23FN2O2/c1-2-19(14-8-4-3-7-13(14)17)11-9-12-6-5-10-16(12,18)15(20)21/h3-4,7-8,12H,2,5-6,9-11,18H2,1H3,(H,20,21). The summed E-state index contributed by atoms with van der Waals surface area (Å²) in [5.41, 5.74) is 5.50. The van der Waals surface area contributed by atoms with E-state index >= 15 is 0 Å². The number of para-hydroxylation sites is 1. The molecule has 0 amide bonds. The van der Waals surface area contributed by atoms with Crippen LogP contribution in [0.3, 0.4) is 0 Å². The van der Waals surface area contributed by atoms with E-state index in [0.717, 1.165) is 12.8 Å². The molecule has 116 valence electrons. The van der Waals surface area contributed by atoms with Gasteiger partial charge in [-0.2, -0.15) is 0 Å². The van der Waals surface area contributed by atoms with E-state index in [4.69, 9.17) is 5.73 Å². The maximum absolute atomic E-state index is 13.8. The summed E-state index contributed by atoms with van der Waals surface area (Å²) in [4.78, 5) is 13.3. The lowest BCUT2D eigenvalue weighted by molar-refractivity contribution is -0.144. The summed E-state index contributed by atoms with van der Waals surface area (Å²) in [7, 11) is 0. The average Bonchev–Trinajstić information content (AvgIpc) is 2.84. The van der Waals surface area contributed by atoms with Gasteiger partial charge in [-0.05, 0) is 44.2 Å². The molecule has 1 saturated carbocycles. The minimum absolute atomic E-state index is 0.0455. The minimum atomic E-state index is -1.12. The van der Waals surface area contributed by atoms with Crippen molar-refractivity contribution >= 4 is 11.7 Å². The molecule has 5 heteroatoms. The highest BCUT2D eigenvalue weighted by molar-refractivity contribution is 5.79. The summed E-state index contributed by atoms with van der Waals surface area (Å²) < 4.78 is 13.8. The maximum Gasteiger partial charge on any atom is 0.323 e. The van der Waals surface area contributed by atoms with E-state index in [1.807, 2.05) is 11.8 Å². The smallest absolute Gasteiger partial charge is 0.323 e. The van der Waals surface area contributed by atoms with Gasteiger partial charge in [0.2, 0.25) is 0 Å². The highest BCUT2D eigenvalue weighted by Crippen LogP contribution is 2.36. The van der Waals surface area contributed by atoms with Crippen molar-refractivity contribution in [1.82, 2.24) is 0 Å². The molecule has 4 nitrogen and oxygen atoms in total. The van der Waals surface area contributed by atoms with Crippen LogP contribution in [0.15, 0.2) is 24.3 Å². The van der Waals surface area contributed by atoms with Crippen LogP contribution in [-0.2, 0) is 4.79 Å². The van der Waals surface area contributed by atoms with Crippen LogP contribution in [0.5, 0.6) is 0 Å². The van der Waals surface area contributed by atoms with Gasteiger partial charge in [0.25, 0.3) is 0 Å². The number of aliphatic carboxylic acids is 1. The van der Waals surface area contributed by atoms with E-state index in [1.165, 1.54) is 6.07 Å². The van der Waals surface area contributed by atoms with E-state index in [9.17, 15) is 14.3 Å². The highest BCUT2D eigenvalue weighted by atomic mass is 19.1. The monoisotopic (exact) mass is 294 g/mol. The molecule has 1 aliphatic rings. The summed E-state index contributed by atoms with van der Waals surface area (Å²) in [5, 5.41) is 9.33. The molecule has 0 heterocycles. The number of benzene rings is 1. The van der Waals surface area contributed by atoms with Crippen molar-refractivity contribution in [3.63, 3.8) is 0 Å². The minimum Gasteiger partial charge on any atom is -0.480 e. The van der Waals surface area contributed by atoms with Crippen LogP contribution in [0.1, 0.15) is 32.6 Å². The molecule has 0 aromatic heterocycles. The van der Waals surface area contributed by atoms with Gasteiger partial charge in [0, 0.05) is 13.1 Å². The number of rotatable bonds is 6. The SMILES string of the molecule is CCN(CCC1CCCC1(N)C(=O)O)c1ccccc1F. The number of carboxylic acids is 1. The molecule has 1 aliphatic carbocycles. The molecule has 0 spiro atoms. The Hall–Kier alpha value is -1.62. The fourth-order valence-electron chi connectivity index (χ4n) is 3.25. The topological polar surface area (TPSA) is 66.6 Å². The van der Waals surface area contributed by atoms with Crippen LogP contribution in [0.25, 0.3) is 0 Å². The lowest BCUT2D eigenvalue weighted by Gasteiger charge is -2.30. The van der Waals surface area contributed by atoms with Gasteiger partial charge in [0.1, 0.15) is 11.4 Å². The normalized spacial score (nSPS) is 25.0. The van der Waals surface area contributed by atoms with E-state index < -0.39 is 11.5 Å². The Morgan fingerprint density at radius 3 is 2.86 bits per heavy atom. The number of carbonyl (C=O) groups is 1. The first-order valence-corrected chi connectivity index (χ1v) is 7.50. The third kappa shape index (κ3) is 3.18. The van der Waals surface area contributed by atoms with Crippen LogP contribution >= 0.6 is 0 Å². The molecule has 0 bridgehead atoms. The van der Waals surface area contributed by atoms with Crippen molar-refractivity contribution in [2.24, 2.45) is 11.7 Å². The molecule has 2 rings (SSSR count). The van der Waals surface area contributed by atoms with E-state index in [1.54, 1.807) is 18.2 Å². The quantitative estimate of drug-likeness (QED) is 0.846. The Bertz CT molecular complexity index is 509. The van der Waals surface area contributed by atoms with Crippen LogP contribution in [0.4, 0.5) is 10.1 Å². The first-order valence-electron chi connectivity index (χ1n) is 7.50. The van der Waals surface area contributed by atoms with Crippen molar-refractivity contribution in [1.29, 1.82) is 0 Å². The van der Waals surface area contributed by atoms with Crippen LogP contribution in [0.2, 0.25) is 0 Å². The van der Waals surface area contributed by atoms with Gasteiger partial charge in [-0.3, -0.25) is 4.79 Å². The molecule has 0 saturated heterocycles. The van der Waals surface area contributed by atoms with Crippen molar-refractivity contribution in [3.8, 4) is 0 Å². The third-order valence-electron chi connectivity index (χ3n) is 4.59. The Morgan fingerprint density at radius 1 is 1.52 bits per heavy atom. The molecule has 2 atom stereocenters. The fraction of sp³-hybridized carbons (Fsp3) is 0.562. The summed E-state index contributed by atoms with van der Waals surface area (Å²) in [6.07, 6.45) is 2.88. The molecular weight excluding hydrogens is 271 g/mol. The van der Waals surface area contributed by atoms with E-state index in [-0.39, 0.29) is 11.7 Å². The summed E-state index contributed by atoms with van der Waals surface area (Å²) >= 11 is 0. The zero-order valence-corrected chi connectivity index (χ0v) is 12.4. The number of nitrogens with zero attached hydrogens (tertiary/aromatic N) is 1. The van der Waals surface area contributed by atoms with Gasteiger partial charge < -0.3 is 15.7 Å². The first kappa shape index (κ1) is 15.8. The molecule has 1 aromatic carbocycles. The maximum atomic E-state index is 13.8. The zero-order chi connectivity index (χ0) is 15.5. The number of nitrogens with two attached hydrogens (primary N) is 1. The van der Waals surface area contributed by atoms with Gasteiger partial charge in [-0.25, -0.2) is 4.39 Å². The summed E-state index contributed by atoms with van der Waals surface area (Å²) in [6.45, 7) is 3.26.